The number of nitrogens with zero attached hydrogens (tertiary/aromatic N) is 1. The lowest BCUT2D eigenvalue weighted by Crippen LogP contribution is -1.98. The maximum absolute atomic E-state index is 12.4. The minimum atomic E-state index is -2.78. The largest absolute Gasteiger partial charge is 0.305 e. The van der Waals surface area contributed by atoms with Crippen LogP contribution in [0.1, 0.15) is 24.5 Å². The fourth-order valence-corrected chi connectivity index (χ4v) is 1.08. The Hall–Kier alpha value is -1.85. The number of nitro benzene ring substituents is 1. The number of non-ortho nitro benzene ring substituents is 1. The van der Waals surface area contributed by atoms with E-state index in [1.807, 2.05) is 0 Å². The Morgan fingerprint density at radius 3 is 2.47 bits per heavy atom. The number of alkyl halides is 2. The van der Waals surface area contributed by atoms with Crippen molar-refractivity contribution in [1.29, 1.82) is 5.41 Å². The van der Waals surface area contributed by atoms with Crippen molar-refractivity contribution in [2.75, 3.05) is 0 Å². The van der Waals surface area contributed by atoms with E-state index in [0.717, 1.165) is 18.2 Å². The molecule has 1 N–H and O–H groups in total. The minimum absolute atomic E-state index is 0.0144. The molecule has 0 spiro atoms. The van der Waals surface area contributed by atoms with Crippen molar-refractivity contribution in [3.8, 4) is 0 Å². The van der Waals surface area contributed by atoms with E-state index in [4.69, 9.17) is 5.41 Å². The number of nitrogens with one attached hydrogen (secondary N) is 1. The molecular formula is C9H8F2N2O2. The Morgan fingerprint density at radius 2 is 2.07 bits per heavy atom. The molecule has 1 rings (SSSR count). The summed E-state index contributed by atoms with van der Waals surface area (Å²) >= 11 is 0. The zero-order valence-corrected chi connectivity index (χ0v) is 7.83. The molecule has 6 heteroatoms. The van der Waals surface area contributed by atoms with Gasteiger partial charge in [-0.1, -0.05) is 0 Å². The molecule has 0 unspecified atom stereocenters. The van der Waals surface area contributed by atoms with Crippen molar-refractivity contribution in [3.05, 3.63) is 39.4 Å². The van der Waals surface area contributed by atoms with Gasteiger partial charge in [0.25, 0.3) is 12.1 Å². The van der Waals surface area contributed by atoms with E-state index in [1.165, 1.54) is 6.92 Å². The number of hydrogen-bond donors (Lipinski definition) is 1. The van der Waals surface area contributed by atoms with Crippen molar-refractivity contribution in [2.45, 2.75) is 13.3 Å². The molecule has 0 aliphatic carbocycles. The predicted molar refractivity (Wildman–Crippen MR) is 50.6 cm³/mol. The Bertz CT molecular complexity index is 386. The zero-order valence-electron chi connectivity index (χ0n) is 7.83. The van der Waals surface area contributed by atoms with Crippen molar-refractivity contribution in [3.63, 3.8) is 0 Å². The van der Waals surface area contributed by atoms with E-state index >= 15 is 0 Å². The predicted octanol–water partition coefficient (Wildman–Crippen LogP) is 2.92. The average Bonchev–Trinajstić information content (AvgIpc) is 2.16. The molecule has 0 bridgehead atoms. The summed E-state index contributed by atoms with van der Waals surface area (Å²) in [6, 6.07) is 3.01. The third kappa shape index (κ3) is 2.55. The quantitative estimate of drug-likeness (QED) is 0.477. The van der Waals surface area contributed by atoms with Gasteiger partial charge >= 0.3 is 0 Å². The second kappa shape index (κ2) is 4.12. The van der Waals surface area contributed by atoms with E-state index in [9.17, 15) is 18.9 Å². The molecule has 0 aliphatic heterocycles. The van der Waals surface area contributed by atoms with Gasteiger partial charge in [-0.25, -0.2) is 8.78 Å². The Labute approximate surface area is 84.2 Å². The Balaban J connectivity index is 3.32. The average molecular weight is 214 g/mol. The van der Waals surface area contributed by atoms with E-state index in [2.05, 4.69) is 0 Å². The van der Waals surface area contributed by atoms with Crippen LogP contribution in [-0.4, -0.2) is 10.6 Å². The lowest BCUT2D eigenvalue weighted by atomic mass is 10.1. The number of halogens is 2. The normalized spacial score (nSPS) is 10.4. The number of benzene rings is 1. The molecule has 15 heavy (non-hydrogen) atoms. The van der Waals surface area contributed by atoms with E-state index in [-0.39, 0.29) is 11.3 Å². The molecule has 0 saturated carbocycles. The van der Waals surface area contributed by atoms with Gasteiger partial charge in [0.15, 0.2) is 0 Å². The number of hydrogen-bond acceptors (Lipinski definition) is 3. The summed E-state index contributed by atoms with van der Waals surface area (Å²) in [4.78, 5) is 9.69. The molecule has 0 aromatic heterocycles. The fraction of sp³-hybridized carbons (Fsp3) is 0.222. The topological polar surface area (TPSA) is 67.0 Å². The van der Waals surface area contributed by atoms with Gasteiger partial charge in [0.1, 0.15) is 0 Å². The molecule has 0 aliphatic rings. The maximum atomic E-state index is 12.4. The summed E-state index contributed by atoms with van der Waals surface area (Å²) < 4.78 is 24.7. The van der Waals surface area contributed by atoms with Crippen LogP contribution < -0.4 is 0 Å². The van der Waals surface area contributed by atoms with Gasteiger partial charge in [0, 0.05) is 29.0 Å². The Morgan fingerprint density at radius 1 is 1.47 bits per heavy atom. The monoisotopic (exact) mass is 214 g/mol. The number of rotatable bonds is 3. The summed E-state index contributed by atoms with van der Waals surface area (Å²) in [7, 11) is 0. The summed E-state index contributed by atoms with van der Waals surface area (Å²) in [6.07, 6.45) is -2.78. The molecule has 0 amide bonds. The summed E-state index contributed by atoms with van der Waals surface area (Å²) in [6.45, 7) is 1.38. The van der Waals surface area contributed by atoms with Gasteiger partial charge in [-0.2, -0.15) is 0 Å². The van der Waals surface area contributed by atoms with Gasteiger partial charge < -0.3 is 5.41 Å². The molecule has 0 saturated heterocycles. The van der Waals surface area contributed by atoms with E-state index in [1.54, 1.807) is 0 Å². The van der Waals surface area contributed by atoms with E-state index < -0.39 is 22.6 Å². The van der Waals surface area contributed by atoms with Crippen molar-refractivity contribution >= 4 is 11.4 Å². The van der Waals surface area contributed by atoms with Gasteiger partial charge in [-0.05, 0) is 13.0 Å². The fourth-order valence-electron chi connectivity index (χ4n) is 1.08. The maximum Gasteiger partial charge on any atom is 0.270 e. The van der Waals surface area contributed by atoms with Gasteiger partial charge in [0.2, 0.25) is 0 Å². The van der Waals surface area contributed by atoms with Crippen molar-refractivity contribution < 1.29 is 13.7 Å². The molecule has 4 nitrogen and oxygen atoms in total. The molecule has 0 atom stereocenters. The third-order valence-electron chi connectivity index (χ3n) is 1.84. The second-order valence-electron chi connectivity index (χ2n) is 3.00. The highest BCUT2D eigenvalue weighted by atomic mass is 19.3. The van der Waals surface area contributed by atoms with Gasteiger partial charge in [-0.3, -0.25) is 10.1 Å². The van der Waals surface area contributed by atoms with Crippen LogP contribution in [0.25, 0.3) is 0 Å². The second-order valence-corrected chi connectivity index (χ2v) is 3.00. The molecular weight excluding hydrogens is 206 g/mol. The molecule has 1 aromatic rings. The summed E-state index contributed by atoms with van der Waals surface area (Å²) in [5.41, 5.74) is -0.708. The first-order valence-corrected chi connectivity index (χ1v) is 4.05. The lowest BCUT2D eigenvalue weighted by molar-refractivity contribution is -0.385. The van der Waals surface area contributed by atoms with Crippen LogP contribution in [0, 0.1) is 15.5 Å². The van der Waals surface area contributed by atoms with Crippen LogP contribution >= 0.6 is 0 Å². The van der Waals surface area contributed by atoms with Crippen molar-refractivity contribution in [2.24, 2.45) is 0 Å². The van der Waals surface area contributed by atoms with Crippen LogP contribution in [0.15, 0.2) is 18.2 Å². The van der Waals surface area contributed by atoms with Gasteiger partial charge in [-0.15, -0.1) is 0 Å². The van der Waals surface area contributed by atoms with Gasteiger partial charge in [0.05, 0.1) is 4.92 Å². The van der Waals surface area contributed by atoms with Crippen molar-refractivity contribution in [1.82, 2.24) is 0 Å². The molecule has 0 heterocycles. The first kappa shape index (κ1) is 11.2. The van der Waals surface area contributed by atoms with E-state index in [0.29, 0.717) is 0 Å². The summed E-state index contributed by atoms with van der Waals surface area (Å²) in [5, 5.41) is 17.7. The highest BCUT2D eigenvalue weighted by molar-refractivity contribution is 5.97. The highest BCUT2D eigenvalue weighted by Gasteiger charge is 2.15. The smallest absolute Gasteiger partial charge is 0.270 e. The standard InChI is InChI=1S/C9H8F2N2O2/c1-5(12)6-2-7(9(10)11)4-8(3-6)13(14)15/h2-4,9,12H,1H3. The molecule has 0 fully saturated rings. The molecule has 0 radical (unpaired) electrons. The van der Waals surface area contributed by atoms with Crippen LogP contribution in [0.3, 0.4) is 0 Å². The first-order valence-electron chi connectivity index (χ1n) is 4.05. The Kier molecular flexibility index (Phi) is 3.08. The first-order chi connectivity index (χ1) is 6.91. The lowest BCUT2D eigenvalue weighted by Gasteiger charge is -2.03. The van der Waals surface area contributed by atoms with Crippen LogP contribution in [-0.2, 0) is 0 Å². The van der Waals surface area contributed by atoms with Crippen LogP contribution in [0.5, 0.6) is 0 Å². The minimum Gasteiger partial charge on any atom is -0.305 e. The van der Waals surface area contributed by atoms with Crippen LogP contribution in [0.4, 0.5) is 14.5 Å². The van der Waals surface area contributed by atoms with Crippen LogP contribution in [0.2, 0.25) is 0 Å². The third-order valence-corrected chi connectivity index (χ3v) is 1.84. The number of nitro groups is 1. The SMILES string of the molecule is CC(=N)c1cc(C(F)F)cc([N+](=O)[O-])c1. The highest BCUT2D eigenvalue weighted by Crippen LogP contribution is 2.25. The zero-order chi connectivity index (χ0) is 11.6. The molecule has 1 aromatic carbocycles. The summed E-state index contributed by atoms with van der Waals surface area (Å²) in [5.74, 6) is 0. The molecule has 80 valence electrons.